The van der Waals surface area contributed by atoms with Crippen LogP contribution in [0.15, 0.2) is 30.7 Å². The standard InChI is InChI=1S/C14H17N5S/c1-10(2)5-7-16-13-18-19-9-12(17-14(19)20-13)11-4-3-6-15-8-11/h3-4,6,8-10H,5,7H2,1-2H3,(H,16,18). The number of fused-ring (bicyclic) bond motifs is 1. The fourth-order valence-corrected chi connectivity index (χ4v) is 2.70. The average Bonchev–Trinajstić information content (AvgIpc) is 2.97. The van der Waals surface area contributed by atoms with Crippen molar-refractivity contribution in [3.63, 3.8) is 0 Å². The summed E-state index contributed by atoms with van der Waals surface area (Å²) >= 11 is 1.57. The van der Waals surface area contributed by atoms with Crippen molar-refractivity contribution in [2.45, 2.75) is 20.3 Å². The van der Waals surface area contributed by atoms with Crippen LogP contribution < -0.4 is 5.32 Å². The molecule has 0 bridgehead atoms. The molecule has 0 saturated carbocycles. The Labute approximate surface area is 121 Å². The van der Waals surface area contributed by atoms with Crippen LogP contribution in [0.1, 0.15) is 20.3 Å². The summed E-state index contributed by atoms with van der Waals surface area (Å²) in [7, 11) is 0. The van der Waals surface area contributed by atoms with Gasteiger partial charge in [-0.15, -0.1) is 5.10 Å². The van der Waals surface area contributed by atoms with Crippen molar-refractivity contribution in [1.82, 2.24) is 19.6 Å². The van der Waals surface area contributed by atoms with Gasteiger partial charge in [0.25, 0.3) is 0 Å². The molecule has 20 heavy (non-hydrogen) atoms. The lowest BCUT2D eigenvalue weighted by Gasteiger charge is -2.03. The van der Waals surface area contributed by atoms with Crippen molar-refractivity contribution >= 4 is 21.4 Å². The topological polar surface area (TPSA) is 55.1 Å². The fourth-order valence-electron chi connectivity index (χ4n) is 1.89. The maximum absolute atomic E-state index is 4.59. The summed E-state index contributed by atoms with van der Waals surface area (Å²) in [4.78, 5) is 9.60. The van der Waals surface area contributed by atoms with Gasteiger partial charge in [0.15, 0.2) is 0 Å². The summed E-state index contributed by atoms with van der Waals surface area (Å²) in [6, 6.07) is 3.91. The monoisotopic (exact) mass is 287 g/mol. The number of hydrogen-bond acceptors (Lipinski definition) is 5. The molecule has 0 aliphatic carbocycles. The van der Waals surface area contributed by atoms with Crippen LogP contribution in [0.4, 0.5) is 5.13 Å². The van der Waals surface area contributed by atoms with Crippen molar-refractivity contribution in [2.75, 3.05) is 11.9 Å². The third-order valence-corrected chi connectivity index (χ3v) is 3.88. The van der Waals surface area contributed by atoms with Gasteiger partial charge in [-0.3, -0.25) is 4.98 Å². The summed E-state index contributed by atoms with van der Waals surface area (Å²) in [6.45, 7) is 5.39. The minimum Gasteiger partial charge on any atom is -0.360 e. The Morgan fingerprint density at radius 2 is 2.30 bits per heavy atom. The summed E-state index contributed by atoms with van der Waals surface area (Å²) in [6.07, 6.45) is 6.66. The summed E-state index contributed by atoms with van der Waals surface area (Å²) in [5.74, 6) is 0.698. The van der Waals surface area contributed by atoms with Crippen molar-refractivity contribution in [1.29, 1.82) is 0 Å². The molecule has 0 aromatic carbocycles. The summed E-state index contributed by atoms with van der Waals surface area (Å²) in [5.41, 5.74) is 1.92. The first kappa shape index (κ1) is 13.1. The smallest absolute Gasteiger partial charge is 0.214 e. The molecule has 104 valence electrons. The minimum absolute atomic E-state index is 0.698. The molecule has 0 atom stereocenters. The maximum Gasteiger partial charge on any atom is 0.214 e. The van der Waals surface area contributed by atoms with Gasteiger partial charge in [0.2, 0.25) is 10.1 Å². The van der Waals surface area contributed by atoms with E-state index < -0.39 is 0 Å². The van der Waals surface area contributed by atoms with E-state index in [9.17, 15) is 0 Å². The van der Waals surface area contributed by atoms with Crippen LogP contribution in [0.3, 0.4) is 0 Å². The normalized spacial score (nSPS) is 11.3. The van der Waals surface area contributed by atoms with Crippen LogP contribution in [0.5, 0.6) is 0 Å². The highest BCUT2D eigenvalue weighted by molar-refractivity contribution is 7.20. The van der Waals surface area contributed by atoms with Gasteiger partial charge < -0.3 is 5.32 Å². The van der Waals surface area contributed by atoms with Crippen LogP contribution in [0.25, 0.3) is 16.2 Å². The first-order chi connectivity index (χ1) is 9.72. The highest BCUT2D eigenvalue weighted by Crippen LogP contribution is 2.23. The molecule has 0 saturated heterocycles. The number of nitrogens with zero attached hydrogens (tertiary/aromatic N) is 4. The zero-order valence-corrected chi connectivity index (χ0v) is 12.4. The Hall–Kier alpha value is -1.95. The van der Waals surface area contributed by atoms with E-state index in [0.717, 1.165) is 34.3 Å². The fraction of sp³-hybridized carbons (Fsp3) is 0.357. The van der Waals surface area contributed by atoms with Gasteiger partial charge in [-0.2, -0.15) is 0 Å². The second kappa shape index (κ2) is 5.58. The first-order valence-corrected chi connectivity index (χ1v) is 7.54. The molecule has 6 heteroatoms. The second-order valence-electron chi connectivity index (χ2n) is 5.11. The zero-order valence-electron chi connectivity index (χ0n) is 11.6. The molecule has 0 aliphatic heterocycles. The molecule has 1 N–H and O–H groups in total. The van der Waals surface area contributed by atoms with Gasteiger partial charge in [-0.05, 0) is 24.5 Å². The molecule has 5 nitrogen and oxygen atoms in total. The van der Waals surface area contributed by atoms with Crippen LogP contribution in [-0.2, 0) is 0 Å². The summed E-state index contributed by atoms with van der Waals surface area (Å²) < 4.78 is 1.82. The van der Waals surface area contributed by atoms with E-state index in [2.05, 4.69) is 34.2 Å². The third kappa shape index (κ3) is 2.80. The van der Waals surface area contributed by atoms with Crippen molar-refractivity contribution < 1.29 is 0 Å². The van der Waals surface area contributed by atoms with Crippen LogP contribution >= 0.6 is 11.3 Å². The number of hydrogen-bond donors (Lipinski definition) is 1. The molecule has 0 fully saturated rings. The minimum atomic E-state index is 0.698. The molecule has 0 aliphatic rings. The van der Waals surface area contributed by atoms with Crippen LogP contribution in [0.2, 0.25) is 0 Å². The SMILES string of the molecule is CC(C)CCNc1nn2cc(-c3cccnc3)nc2s1. The van der Waals surface area contributed by atoms with Gasteiger partial charge in [0.1, 0.15) is 0 Å². The Morgan fingerprint density at radius 1 is 1.40 bits per heavy atom. The van der Waals surface area contributed by atoms with Crippen molar-refractivity contribution in [3.05, 3.63) is 30.7 Å². The van der Waals surface area contributed by atoms with E-state index in [4.69, 9.17) is 0 Å². The van der Waals surface area contributed by atoms with Gasteiger partial charge in [0.05, 0.1) is 11.9 Å². The molecule has 3 aromatic rings. The molecule has 0 radical (unpaired) electrons. The van der Waals surface area contributed by atoms with Crippen LogP contribution in [-0.4, -0.2) is 26.1 Å². The number of pyridine rings is 1. The highest BCUT2D eigenvalue weighted by Gasteiger charge is 2.09. The first-order valence-electron chi connectivity index (χ1n) is 6.73. The Kier molecular flexibility index (Phi) is 3.64. The molecule has 0 amide bonds. The van der Waals surface area contributed by atoms with Crippen molar-refractivity contribution in [2.24, 2.45) is 5.92 Å². The molecule has 3 rings (SSSR count). The van der Waals surface area contributed by atoms with Gasteiger partial charge >= 0.3 is 0 Å². The Morgan fingerprint density at radius 3 is 3.00 bits per heavy atom. The van der Waals surface area contributed by atoms with Gasteiger partial charge in [-0.25, -0.2) is 9.50 Å². The van der Waals surface area contributed by atoms with Gasteiger partial charge in [0, 0.05) is 24.5 Å². The lowest BCUT2D eigenvalue weighted by molar-refractivity contribution is 0.607. The van der Waals surface area contributed by atoms with Crippen LogP contribution in [0, 0.1) is 5.92 Å². The largest absolute Gasteiger partial charge is 0.360 e. The predicted molar refractivity (Wildman–Crippen MR) is 82.0 cm³/mol. The molecular formula is C14H17N5S. The number of aromatic nitrogens is 4. The lowest BCUT2D eigenvalue weighted by atomic mass is 10.1. The van der Waals surface area contributed by atoms with E-state index in [1.807, 2.05) is 29.0 Å². The molecule has 3 heterocycles. The number of imidazole rings is 1. The highest BCUT2D eigenvalue weighted by atomic mass is 32.1. The van der Waals surface area contributed by atoms with E-state index >= 15 is 0 Å². The molecule has 0 unspecified atom stereocenters. The summed E-state index contributed by atoms with van der Waals surface area (Å²) in [5, 5.41) is 8.76. The van der Waals surface area contributed by atoms with E-state index in [-0.39, 0.29) is 0 Å². The van der Waals surface area contributed by atoms with E-state index in [1.165, 1.54) is 0 Å². The van der Waals surface area contributed by atoms with Crippen molar-refractivity contribution in [3.8, 4) is 11.3 Å². The molecular weight excluding hydrogens is 270 g/mol. The average molecular weight is 287 g/mol. The molecule has 0 spiro atoms. The quantitative estimate of drug-likeness (QED) is 0.782. The van der Waals surface area contributed by atoms with E-state index in [1.54, 1.807) is 17.5 Å². The maximum atomic E-state index is 4.59. The third-order valence-electron chi connectivity index (χ3n) is 3.00. The van der Waals surface area contributed by atoms with Gasteiger partial charge in [-0.1, -0.05) is 25.2 Å². The lowest BCUT2D eigenvalue weighted by Crippen LogP contribution is -2.04. The Bertz CT molecular complexity index is 654. The second-order valence-corrected chi connectivity index (χ2v) is 6.07. The zero-order chi connectivity index (χ0) is 13.9. The molecule has 3 aromatic heterocycles. The number of rotatable bonds is 5. The number of anilines is 1. The Balaban J connectivity index is 1.76. The van der Waals surface area contributed by atoms with E-state index in [0.29, 0.717) is 5.92 Å². The number of nitrogens with one attached hydrogen (secondary N) is 1. The predicted octanol–water partition coefficient (Wildman–Crippen LogP) is 3.31.